The standard InChI is InChI=1S/C37H43N3O6S/c1-6-22-38-37(42)33(23-29-10-8-7-9-11-29)39(25-30-16-12-27(2)13-17-30)36(41)26-40(31-18-21-34(45-4)35(24-31)46-5)47(43,44)32-19-14-28(3)15-20-32/h7-21,24,33H,6,22-23,25-26H2,1-5H3,(H,38,42). The molecule has 1 N–H and O–H groups in total. The number of carbonyl (C=O) groups excluding carboxylic acids is 2. The first-order valence-electron chi connectivity index (χ1n) is 15.6. The number of aryl methyl sites for hydroxylation is 2. The molecular weight excluding hydrogens is 614 g/mol. The van der Waals surface area contributed by atoms with Gasteiger partial charge in [-0.2, -0.15) is 0 Å². The number of methoxy groups -OCH3 is 2. The van der Waals surface area contributed by atoms with Gasteiger partial charge < -0.3 is 19.7 Å². The van der Waals surface area contributed by atoms with Crippen LogP contribution in [0, 0.1) is 13.8 Å². The normalized spacial score (nSPS) is 11.8. The Morgan fingerprint density at radius 2 is 1.40 bits per heavy atom. The first-order valence-corrected chi connectivity index (χ1v) is 17.0. The van der Waals surface area contributed by atoms with Crippen LogP contribution in [0.4, 0.5) is 5.69 Å². The number of hydrogen-bond acceptors (Lipinski definition) is 6. The third-order valence-electron chi connectivity index (χ3n) is 7.84. The fraction of sp³-hybridized carbons (Fsp3) is 0.297. The van der Waals surface area contributed by atoms with Crippen molar-refractivity contribution >= 4 is 27.5 Å². The number of nitrogens with zero attached hydrogens (tertiary/aromatic N) is 2. The highest BCUT2D eigenvalue weighted by molar-refractivity contribution is 7.92. The largest absolute Gasteiger partial charge is 0.493 e. The van der Waals surface area contributed by atoms with Crippen molar-refractivity contribution in [2.75, 3.05) is 31.6 Å². The predicted octanol–water partition coefficient (Wildman–Crippen LogP) is 5.68. The third kappa shape index (κ3) is 8.92. The summed E-state index contributed by atoms with van der Waals surface area (Å²) in [6.07, 6.45) is 0.965. The SMILES string of the molecule is CCCNC(=O)C(Cc1ccccc1)N(Cc1ccc(C)cc1)C(=O)CN(c1ccc(OC)c(OC)c1)S(=O)(=O)c1ccc(C)cc1. The maximum Gasteiger partial charge on any atom is 0.264 e. The lowest BCUT2D eigenvalue weighted by molar-refractivity contribution is -0.140. The Kier molecular flexibility index (Phi) is 12.0. The Morgan fingerprint density at radius 1 is 0.787 bits per heavy atom. The molecule has 0 saturated heterocycles. The number of ether oxygens (including phenoxy) is 2. The number of anilines is 1. The minimum atomic E-state index is -4.25. The van der Waals surface area contributed by atoms with Gasteiger partial charge in [0.05, 0.1) is 24.8 Å². The summed E-state index contributed by atoms with van der Waals surface area (Å²) in [6.45, 7) is 5.77. The monoisotopic (exact) mass is 657 g/mol. The van der Waals surface area contributed by atoms with Crippen LogP contribution < -0.4 is 19.1 Å². The molecule has 1 atom stereocenters. The maximum absolute atomic E-state index is 14.6. The van der Waals surface area contributed by atoms with Crippen molar-refractivity contribution in [2.45, 2.75) is 51.1 Å². The molecule has 0 heterocycles. The van der Waals surface area contributed by atoms with E-state index in [0.29, 0.717) is 18.0 Å². The van der Waals surface area contributed by atoms with E-state index in [1.54, 1.807) is 24.3 Å². The van der Waals surface area contributed by atoms with Crippen molar-refractivity contribution in [3.05, 3.63) is 119 Å². The summed E-state index contributed by atoms with van der Waals surface area (Å²) in [5, 5.41) is 2.96. The van der Waals surface area contributed by atoms with E-state index >= 15 is 0 Å². The van der Waals surface area contributed by atoms with Crippen LogP contribution in [-0.4, -0.2) is 58.5 Å². The van der Waals surface area contributed by atoms with Crippen molar-refractivity contribution in [1.82, 2.24) is 10.2 Å². The van der Waals surface area contributed by atoms with Gasteiger partial charge in [0.15, 0.2) is 11.5 Å². The molecule has 0 fully saturated rings. The minimum absolute atomic E-state index is 0.0253. The Labute approximate surface area is 278 Å². The van der Waals surface area contributed by atoms with E-state index in [1.165, 1.54) is 37.3 Å². The number of nitrogens with one attached hydrogen (secondary N) is 1. The minimum Gasteiger partial charge on any atom is -0.493 e. The third-order valence-corrected chi connectivity index (χ3v) is 9.62. The van der Waals surface area contributed by atoms with Crippen molar-refractivity contribution in [2.24, 2.45) is 0 Å². The van der Waals surface area contributed by atoms with Crippen molar-refractivity contribution < 1.29 is 27.5 Å². The second-order valence-electron chi connectivity index (χ2n) is 11.4. The van der Waals surface area contributed by atoms with Crippen LogP contribution >= 0.6 is 0 Å². The zero-order valence-electron chi connectivity index (χ0n) is 27.6. The van der Waals surface area contributed by atoms with E-state index in [2.05, 4.69) is 5.32 Å². The number of sulfonamides is 1. The van der Waals surface area contributed by atoms with Gasteiger partial charge in [-0.3, -0.25) is 13.9 Å². The fourth-order valence-electron chi connectivity index (χ4n) is 5.16. The first-order chi connectivity index (χ1) is 22.6. The summed E-state index contributed by atoms with van der Waals surface area (Å²) in [5.41, 5.74) is 3.84. The van der Waals surface area contributed by atoms with E-state index in [-0.39, 0.29) is 29.5 Å². The molecule has 0 spiro atoms. The van der Waals surface area contributed by atoms with Crippen LogP contribution in [0.1, 0.15) is 35.6 Å². The molecule has 248 valence electrons. The van der Waals surface area contributed by atoms with Gasteiger partial charge in [-0.05, 0) is 55.7 Å². The van der Waals surface area contributed by atoms with Gasteiger partial charge in [-0.15, -0.1) is 0 Å². The molecule has 0 saturated carbocycles. The summed E-state index contributed by atoms with van der Waals surface area (Å²) >= 11 is 0. The van der Waals surface area contributed by atoms with Gasteiger partial charge in [0, 0.05) is 25.6 Å². The van der Waals surface area contributed by atoms with E-state index in [4.69, 9.17) is 9.47 Å². The van der Waals surface area contributed by atoms with Gasteiger partial charge in [-0.25, -0.2) is 8.42 Å². The molecule has 47 heavy (non-hydrogen) atoms. The number of carbonyl (C=O) groups is 2. The van der Waals surface area contributed by atoms with E-state index in [1.807, 2.05) is 75.4 Å². The van der Waals surface area contributed by atoms with Crippen LogP contribution in [0.5, 0.6) is 11.5 Å². The van der Waals surface area contributed by atoms with Crippen molar-refractivity contribution in [3.8, 4) is 11.5 Å². The highest BCUT2D eigenvalue weighted by atomic mass is 32.2. The van der Waals surface area contributed by atoms with Gasteiger partial charge in [0.2, 0.25) is 11.8 Å². The molecule has 1 unspecified atom stereocenters. The zero-order chi connectivity index (χ0) is 34.0. The maximum atomic E-state index is 14.6. The summed E-state index contributed by atoms with van der Waals surface area (Å²) < 4.78 is 40.5. The van der Waals surface area contributed by atoms with Crippen LogP contribution in [0.3, 0.4) is 0 Å². The molecule has 2 amide bonds. The van der Waals surface area contributed by atoms with Crippen LogP contribution in [0.2, 0.25) is 0 Å². The molecular formula is C37H43N3O6S. The van der Waals surface area contributed by atoms with Gasteiger partial charge in [-0.1, -0.05) is 84.8 Å². The molecule has 0 aliphatic carbocycles. The van der Waals surface area contributed by atoms with Gasteiger partial charge >= 0.3 is 0 Å². The Balaban J connectivity index is 1.83. The number of rotatable bonds is 15. The average Bonchev–Trinajstić information content (AvgIpc) is 3.08. The summed E-state index contributed by atoms with van der Waals surface area (Å²) in [4.78, 5) is 29.9. The summed E-state index contributed by atoms with van der Waals surface area (Å²) in [6, 6.07) is 27.4. The molecule has 4 aromatic rings. The fourth-order valence-corrected chi connectivity index (χ4v) is 6.56. The highest BCUT2D eigenvalue weighted by Gasteiger charge is 2.35. The summed E-state index contributed by atoms with van der Waals surface area (Å²) in [7, 11) is -1.31. The number of amides is 2. The predicted molar refractivity (Wildman–Crippen MR) is 184 cm³/mol. The van der Waals surface area contributed by atoms with Crippen LogP contribution in [-0.2, 0) is 32.6 Å². The Bertz CT molecular complexity index is 1740. The van der Waals surface area contributed by atoms with E-state index in [0.717, 1.165) is 33.0 Å². The molecule has 10 heteroatoms. The van der Waals surface area contributed by atoms with Crippen molar-refractivity contribution in [3.63, 3.8) is 0 Å². The van der Waals surface area contributed by atoms with E-state index in [9.17, 15) is 18.0 Å². The second kappa shape index (κ2) is 16.1. The van der Waals surface area contributed by atoms with Gasteiger partial charge in [0.25, 0.3) is 10.0 Å². The Morgan fingerprint density at radius 3 is 2.00 bits per heavy atom. The Hall–Kier alpha value is -4.83. The number of hydrogen-bond donors (Lipinski definition) is 1. The smallest absolute Gasteiger partial charge is 0.264 e. The quantitative estimate of drug-likeness (QED) is 0.176. The molecule has 0 bridgehead atoms. The molecule has 4 aromatic carbocycles. The lowest BCUT2D eigenvalue weighted by atomic mass is 10.0. The lowest BCUT2D eigenvalue weighted by Crippen LogP contribution is -2.53. The van der Waals surface area contributed by atoms with E-state index < -0.39 is 28.5 Å². The lowest BCUT2D eigenvalue weighted by Gasteiger charge is -2.34. The second-order valence-corrected chi connectivity index (χ2v) is 13.2. The summed E-state index contributed by atoms with van der Waals surface area (Å²) in [5.74, 6) is -0.135. The first kappa shape index (κ1) is 35.0. The molecule has 9 nitrogen and oxygen atoms in total. The highest BCUT2D eigenvalue weighted by Crippen LogP contribution is 2.34. The zero-order valence-corrected chi connectivity index (χ0v) is 28.4. The number of benzene rings is 4. The topological polar surface area (TPSA) is 105 Å². The van der Waals surface area contributed by atoms with Crippen LogP contribution in [0.15, 0.2) is 102 Å². The molecule has 0 aliphatic heterocycles. The molecule has 0 radical (unpaired) electrons. The average molecular weight is 658 g/mol. The van der Waals surface area contributed by atoms with Gasteiger partial charge in [0.1, 0.15) is 12.6 Å². The molecule has 4 rings (SSSR count). The molecule has 0 aromatic heterocycles. The van der Waals surface area contributed by atoms with Crippen molar-refractivity contribution in [1.29, 1.82) is 0 Å². The van der Waals surface area contributed by atoms with Crippen LogP contribution in [0.25, 0.3) is 0 Å². The molecule has 0 aliphatic rings.